The van der Waals surface area contributed by atoms with Crippen molar-refractivity contribution in [2.75, 3.05) is 19.5 Å². The zero-order valence-corrected chi connectivity index (χ0v) is 16.4. The van der Waals surface area contributed by atoms with Crippen LogP contribution in [-0.2, 0) is 11.3 Å². The van der Waals surface area contributed by atoms with Crippen molar-refractivity contribution in [2.24, 2.45) is 0 Å². The van der Waals surface area contributed by atoms with Gasteiger partial charge in [0.2, 0.25) is 5.91 Å². The maximum Gasteiger partial charge on any atom is 0.226 e. The Morgan fingerprint density at radius 1 is 1.18 bits per heavy atom. The molecule has 1 unspecified atom stereocenters. The van der Waals surface area contributed by atoms with Gasteiger partial charge in [-0.05, 0) is 29.3 Å². The Morgan fingerprint density at radius 2 is 1.96 bits per heavy atom. The van der Waals surface area contributed by atoms with Crippen LogP contribution in [0.1, 0.15) is 29.0 Å². The van der Waals surface area contributed by atoms with Crippen LogP contribution in [0.4, 0.5) is 5.82 Å². The van der Waals surface area contributed by atoms with Crippen molar-refractivity contribution in [3.8, 4) is 11.5 Å². The van der Waals surface area contributed by atoms with Crippen LogP contribution in [-0.4, -0.2) is 29.9 Å². The number of benzene rings is 2. The lowest BCUT2D eigenvalue weighted by molar-refractivity contribution is -0.116. The van der Waals surface area contributed by atoms with Crippen LogP contribution >= 0.6 is 11.6 Å². The number of anilines is 1. The number of halogens is 1. The predicted molar refractivity (Wildman–Crippen MR) is 107 cm³/mol. The molecule has 1 amide bonds. The van der Waals surface area contributed by atoms with Crippen molar-refractivity contribution < 1.29 is 14.3 Å². The van der Waals surface area contributed by atoms with E-state index in [1.54, 1.807) is 18.9 Å². The topological polar surface area (TPSA) is 65.4 Å². The molecule has 0 fully saturated rings. The maximum absolute atomic E-state index is 12.4. The summed E-state index contributed by atoms with van der Waals surface area (Å²) in [5.74, 6) is 1.84. The minimum atomic E-state index is -0.108. The number of aromatic nitrogens is 2. The number of carbonyl (C=O) groups is 1. The summed E-state index contributed by atoms with van der Waals surface area (Å²) in [6.07, 6.45) is 2.16. The number of ether oxygens (including phenoxy) is 2. The molecule has 2 heterocycles. The second-order valence-electron chi connectivity index (χ2n) is 6.62. The monoisotopic (exact) mass is 397 g/mol. The summed E-state index contributed by atoms with van der Waals surface area (Å²) in [5, 5.41) is 8.14. The fourth-order valence-corrected chi connectivity index (χ4v) is 3.74. The molecule has 0 aliphatic carbocycles. The standard InChI is InChI=1S/C21H20ClN3O3/c1-27-18-8-7-13(9-19(18)28-2)15-10-20(26)24-21-16(15)11-23-25(21)12-14-5-3-4-6-17(14)22/h3-9,11,15H,10,12H2,1-2H3,(H,24,26). The molecule has 1 aliphatic heterocycles. The summed E-state index contributed by atoms with van der Waals surface area (Å²) >= 11 is 6.29. The predicted octanol–water partition coefficient (Wildman–Crippen LogP) is 4.08. The molecule has 1 atom stereocenters. The highest BCUT2D eigenvalue weighted by Crippen LogP contribution is 2.40. The highest BCUT2D eigenvalue weighted by Gasteiger charge is 2.30. The Hall–Kier alpha value is -2.99. The Labute approximate surface area is 168 Å². The Bertz CT molecular complexity index is 1030. The summed E-state index contributed by atoms with van der Waals surface area (Å²) in [5.41, 5.74) is 2.89. The number of methoxy groups -OCH3 is 2. The third-order valence-electron chi connectivity index (χ3n) is 4.98. The van der Waals surface area contributed by atoms with Crippen LogP contribution in [0.3, 0.4) is 0 Å². The number of fused-ring (bicyclic) bond motifs is 1. The molecule has 7 heteroatoms. The molecule has 0 saturated heterocycles. The minimum absolute atomic E-state index is 0.0480. The zero-order valence-electron chi connectivity index (χ0n) is 15.6. The van der Waals surface area contributed by atoms with E-state index in [9.17, 15) is 4.79 Å². The molecule has 0 radical (unpaired) electrons. The largest absolute Gasteiger partial charge is 0.493 e. The minimum Gasteiger partial charge on any atom is -0.493 e. The Morgan fingerprint density at radius 3 is 2.71 bits per heavy atom. The number of nitrogens with one attached hydrogen (secondary N) is 1. The van der Waals surface area contributed by atoms with Gasteiger partial charge in [-0.1, -0.05) is 35.9 Å². The van der Waals surface area contributed by atoms with Crippen LogP contribution in [0.2, 0.25) is 5.02 Å². The van der Waals surface area contributed by atoms with Crippen molar-refractivity contribution in [3.05, 3.63) is 70.4 Å². The molecule has 3 aromatic rings. The Balaban J connectivity index is 1.72. The first-order valence-corrected chi connectivity index (χ1v) is 9.29. The number of hydrogen-bond acceptors (Lipinski definition) is 4. The number of nitrogens with zero attached hydrogens (tertiary/aromatic N) is 2. The van der Waals surface area contributed by atoms with Crippen molar-refractivity contribution in [3.63, 3.8) is 0 Å². The van der Waals surface area contributed by atoms with Gasteiger partial charge in [-0.25, -0.2) is 4.68 Å². The van der Waals surface area contributed by atoms with Gasteiger partial charge in [0.15, 0.2) is 11.5 Å². The van der Waals surface area contributed by atoms with Gasteiger partial charge in [0.05, 0.1) is 27.0 Å². The summed E-state index contributed by atoms with van der Waals surface area (Å²) in [6.45, 7) is 0.480. The van der Waals surface area contributed by atoms with Gasteiger partial charge in [0.1, 0.15) is 5.82 Å². The second kappa shape index (κ2) is 7.56. The van der Waals surface area contributed by atoms with Crippen molar-refractivity contribution >= 4 is 23.3 Å². The fraction of sp³-hybridized carbons (Fsp3) is 0.238. The quantitative estimate of drug-likeness (QED) is 0.704. The number of hydrogen-bond donors (Lipinski definition) is 1. The van der Waals surface area contributed by atoms with E-state index in [1.807, 2.05) is 48.7 Å². The highest BCUT2D eigenvalue weighted by atomic mass is 35.5. The maximum atomic E-state index is 12.4. The van der Waals surface area contributed by atoms with Crippen LogP contribution in [0.15, 0.2) is 48.7 Å². The lowest BCUT2D eigenvalue weighted by Crippen LogP contribution is -2.25. The second-order valence-corrected chi connectivity index (χ2v) is 7.02. The SMILES string of the molecule is COc1ccc(C2CC(=O)Nc3c2cnn3Cc2ccccc2Cl)cc1OC. The molecule has 144 valence electrons. The van der Waals surface area contributed by atoms with Gasteiger partial charge in [-0.3, -0.25) is 4.79 Å². The smallest absolute Gasteiger partial charge is 0.226 e. The van der Waals surface area contributed by atoms with Gasteiger partial charge in [-0.15, -0.1) is 0 Å². The number of amides is 1. The first-order valence-electron chi connectivity index (χ1n) is 8.91. The van der Waals surface area contributed by atoms with Gasteiger partial charge >= 0.3 is 0 Å². The van der Waals surface area contributed by atoms with Gasteiger partial charge in [-0.2, -0.15) is 5.10 Å². The average molecular weight is 398 g/mol. The van der Waals surface area contributed by atoms with E-state index in [-0.39, 0.29) is 11.8 Å². The summed E-state index contributed by atoms with van der Waals surface area (Å²) in [4.78, 5) is 12.4. The summed E-state index contributed by atoms with van der Waals surface area (Å²) in [7, 11) is 3.20. The molecule has 0 spiro atoms. The fourth-order valence-electron chi connectivity index (χ4n) is 3.54. The van der Waals surface area contributed by atoms with Crippen LogP contribution in [0, 0.1) is 0 Å². The normalized spacial score (nSPS) is 15.7. The van der Waals surface area contributed by atoms with E-state index in [2.05, 4.69) is 10.4 Å². The zero-order chi connectivity index (χ0) is 19.7. The van der Waals surface area contributed by atoms with E-state index >= 15 is 0 Å². The molecule has 1 aromatic heterocycles. The summed E-state index contributed by atoms with van der Waals surface area (Å²) in [6, 6.07) is 13.3. The lowest BCUT2D eigenvalue weighted by atomic mass is 9.87. The summed E-state index contributed by atoms with van der Waals surface area (Å²) < 4.78 is 12.5. The van der Waals surface area contributed by atoms with Crippen molar-refractivity contribution in [1.29, 1.82) is 0 Å². The number of carbonyl (C=O) groups excluding carboxylic acids is 1. The highest BCUT2D eigenvalue weighted by molar-refractivity contribution is 6.31. The van der Waals surface area contributed by atoms with Gasteiger partial charge < -0.3 is 14.8 Å². The first kappa shape index (κ1) is 18.4. The molecule has 0 bridgehead atoms. The van der Waals surface area contributed by atoms with Crippen LogP contribution in [0.25, 0.3) is 0 Å². The molecule has 6 nitrogen and oxygen atoms in total. The molecule has 1 aliphatic rings. The molecule has 28 heavy (non-hydrogen) atoms. The molecule has 0 saturated carbocycles. The van der Waals surface area contributed by atoms with Crippen LogP contribution < -0.4 is 14.8 Å². The molecule has 4 rings (SSSR count). The van der Waals surface area contributed by atoms with E-state index in [1.165, 1.54) is 0 Å². The average Bonchev–Trinajstić information content (AvgIpc) is 3.11. The van der Waals surface area contributed by atoms with Crippen molar-refractivity contribution in [2.45, 2.75) is 18.9 Å². The van der Waals surface area contributed by atoms with Gasteiger partial charge in [0.25, 0.3) is 0 Å². The van der Waals surface area contributed by atoms with Gasteiger partial charge in [0, 0.05) is 22.9 Å². The number of rotatable bonds is 5. The molecular formula is C21H20ClN3O3. The van der Waals surface area contributed by atoms with E-state index < -0.39 is 0 Å². The van der Waals surface area contributed by atoms with E-state index in [0.29, 0.717) is 35.3 Å². The Kier molecular flexibility index (Phi) is 4.96. The van der Waals surface area contributed by atoms with Crippen LogP contribution in [0.5, 0.6) is 11.5 Å². The molecular weight excluding hydrogens is 378 g/mol. The molecule has 1 N–H and O–H groups in total. The molecule has 2 aromatic carbocycles. The van der Waals surface area contributed by atoms with E-state index in [0.717, 1.165) is 16.7 Å². The lowest BCUT2D eigenvalue weighted by Gasteiger charge is -2.24. The first-order chi connectivity index (χ1) is 13.6. The van der Waals surface area contributed by atoms with E-state index in [4.69, 9.17) is 21.1 Å². The third-order valence-corrected chi connectivity index (χ3v) is 5.35. The third kappa shape index (κ3) is 3.31. The van der Waals surface area contributed by atoms with Crippen molar-refractivity contribution in [1.82, 2.24) is 9.78 Å².